The van der Waals surface area contributed by atoms with Crippen molar-refractivity contribution in [3.05, 3.63) is 65.7 Å². The second-order valence-corrected chi connectivity index (χ2v) is 7.57. The third-order valence-electron chi connectivity index (χ3n) is 6.08. The van der Waals surface area contributed by atoms with Gasteiger partial charge < -0.3 is 15.3 Å². The molecule has 0 amide bonds. The number of rotatable bonds is 1. The molecule has 4 nitrogen and oxygen atoms in total. The lowest BCUT2D eigenvalue weighted by molar-refractivity contribution is 0.153. The molecule has 1 unspecified atom stereocenters. The molecule has 3 aliphatic heterocycles. The number of nitrogens with zero attached hydrogens (tertiary/aromatic N) is 2. The van der Waals surface area contributed by atoms with Crippen molar-refractivity contribution in [2.45, 2.75) is 18.4 Å². The third kappa shape index (κ3) is 2.95. The molecule has 0 aromatic heterocycles. The molecule has 1 atom stereocenters. The predicted octanol–water partition coefficient (Wildman–Crippen LogP) is 3.37. The summed E-state index contributed by atoms with van der Waals surface area (Å²) < 4.78 is 0. The summed E-state index contributed by atoms with van der Waals surface area (Å²) >= 11 is 0. The molecule has 1 spiro atoms. The summed E-state index contributed by atoms with van der Waals surface area (Å²) in [6, 6.07) is 18.2. The summed E-state index contributed by atoms with van der Waals surface area (Å²) in [4.78, 5) is 7.25. The zero-order valence-electron chi connectivity index (χ0n) is 15.1. The highest BCUT2D eigenvalue weighted by molar-refractivity contribution is 6.12. The summed E-state index contributed by atoms with van der Waals surface area (Å²) in [6.07, 6.45) is 2.29. The Hall–Kier alpha value is -1.59. The van der Waals surface area contributed by atoms with Gasteiger partial charge >= 0.3 is 0 Å². The first-order valence-electron chi connectivity index (χ1n) is 9.14. The summed E-state index contributed by atoms with van der Waals surface area (Å²) in [5.74, 6) is 0.795. The van der Waals surface area contributed by atoms with Crippen molar-refractivity contribution < 1.29 is 5.11 Å². The van der Waals surface area contributed by atoms with Crippen molar-refractivity contribution in [2.75, 3.05) is 31.1 Å². The van der Waals surface area contributed by atoms with Crippen LogP contribution in [0.5, 0.6) is 0 Å². The monoisotopic (exact) mass is 405 g/mol. The van der Waals surface area contributed by atoms with Crippen molar-refractivity contribution in [1.82, 2.24) is 5.32 Å². The van der Waals surface area contributed by atoms with E-state index >= 15 is 0 Å². The van der Waals surface area contributed by atoms with E-state index in [0.29, 0.717) is 0 Å². The maximum Gasteiger partial charge on any atom is 0.174 e. The first kappa shape index (κ1) is 20.2. The van der Waals surface area contributed by atoms with E-state index in [1.165, 1.54) is 0 Å². The molecule has 0 bridgehead atoms. The maximum absolute atomic E-state index is 11.8. The Labute approximate surface area is 172 Å². The molecule has 5 rings (SSSR count). The van der Waals surface area contributed by atoms with E-state index in [4.69, 9.17) is 4.99 Å². The Morgan fingerprint density at radius 3 is 2.33 bits per heavy atom. The van der Waals surface area contributed by atoms with Crippen LogP contribution >= 0.6 is 24.8 Å². The Morgan fingerprint density at radius 2 is 1.59 bits per heavy atom. The highest BCUT2D eigenvalue weighted by Crippen LogP contribution is 2.48. The summed E-state index contributed by atoms with van der Waals surface area (Å²) in [5.41, 5.74) is 2.03. The number of aliphatic hydroxyl groups is 1. The number of hydrogen-bond donors (Lipinski definition) is 2. The minimum absolute atomic E-state index is 0. The minimum Gasteiger partial charge on any atom is -0.373 e. The lowest BCUT2D eigenvalue weighted by Crippen LogP contribution is -2.54. The lowest BCUT2D eigenvalue weighted by Gasteiger charge is -2.44. The number of para-hydroxylation sites is 1. The fraction of sp³-hybridized carbons (Fsp3) is 0.381. The van der Waals surface area contributed by atoms with Gasteiger partial charge in [-0.25, -0.2) is 0 Å². The molecule has 0 radical (unpaired) electrons. The molecule has 6 heteroatoms. The highest BCUT2D eigenvalue weighted by Gasteiger charge is 2.52. The van der Waals surface area contributed by atoms with Crippen LogP contribution in [0.2, 0.25) is 0 Å². The Morgan fingerprint density at radius 1 is 0.926 bits per heavy atom. The van der Waals surface area contributed by atoms with E-state index in [0.717, 1.165) is 61.7 Å². The van der Waals surface area contributed by atoms with Crippen LogP contribution in [-0.2, 0) is 5.60 Å². The number of anilines is 1. The normalized spacial score (nSPS) is 24.9. The fourth-order valence-electron chi connectivity index (χ4n) is 4.67. The first-order chi connectivity index (χ1) is 12.2. The zero-order chi connectivity index (χ0) is 16.9. The number of aliphatic imine (C=N–C) groups is 1. The molecule has 3 heterocycles. The molecular weight excluding hydrogens is 381 g/mol. The van der Waals surface area contributed by atoms with E-state index < -0.39 is 5.60 Å². The Balaban J connectivity index is 0.00000105. The number of piperidine rings is 1. The van der Waals surface area contributed by atoms with E-state index in [2.05, 4.69) is 22.3 Å². The molecule has 2 aromatic rings. The number of fused-ring (bicyclic) bond motifs is 3. The van der Waals surface area contributed by atoms with Crippen LogP contribution in [0.4, 0.5) is 5.69 Å². The van der Waals surface area contributed by atoms with Crippen LogP contribution in [-0.4, -0.2) is 37.1 Å². The van der Waals surface area contributed by atoms with Crippen LogP contribution < -0.4 is 10.2 Å². The van der Waals surface area contributed by atoms with Crippen molar-refractivity contribution in [3.8, 4) is 0 Å². The smallest absolute Gasteiger partial charge is 0.174 e. The van der Waals surface area contributed by atoms with Gasteiger partial charge in [-0.1, -0.05) is 48.5 Å². The highest BCUT2D eigenvalue weighted by atomic mass is 35.5. The first-order valence-corrected chi connectivity index (χ1v) is 9.14. The van der Waals surface area contributed by atoms with Crippen LogP contribution in [0.15, 0.2) is 59.6 Å². The summed E-state index contributed by atoms with van der Waals surface area (Å²) in [6.45, 7) is 3.87. The maximum atomic E-state index is 11.8. The lowest BCUT2D eigenvalue weighted by atomic mass is 9.77. The standard InChI is InChI=1S/C21H23N3O.2ClH/c25-21(16-6-2-1-3-7-16)17-8-4-5-9-18(17)24-15-20(14-23-19(21)24)10-12-22-13-11-20;;/h1-9,22,25H,10-15H2;2*1H. The van der Waals surface area contributed by atoms with Crippen molar-refractivity contribution >= 4 is 36.3 Å². The number of hydrogen-bond acceptors (Lipinski definition) is 4. The predicted molar refractivity (Wildman–Crippen MR) is 115 cm³/mol. The van der Waals surface area contributed by atoms with Crippen LogP contribution in [0, 0.1) is 5.41 Å². The van der Waals surface area contributed by atoms with Gasteiger partial charge in [-0.3, -0.25) is 4.99 Å². The van der Waals surface area contributed by atoms with Crippen LogP contribution in [0.25, 0.3) is 0 Å². The SMILES string of the molecule is Cl.Cl.OC1(c2ccccc2)C2=NCC3(CCNCC3)CN2c2ccccc21. The van der Waals surface area contributed by atoms with Gasteiger partial charge in [-0.15, -0.1) is 24.8 Å². The van der Waals surface area contributed by atoms with Crippen LogP contribution in [0.3, 0.4) is 0 Å². The van der Waals surface area contributed by atoms with Gasteiger partial charge in [-0.2, -0.15) is 0 Å². The summed E-state index contributed by atoms with van der Waals surface area (Å²) in [7, 11) is 0. The van der Waals surface area contributed by atoms with Gasteiger partial charge in [0, 0.05) is 29.8 Å². The van der Waals surface area contributed by atoms with E-state index in [1.807, 2.05) is 42.5 Å². The molecule has 2 N–H and O–H groups in total. The molecule has 27 heavy (non-hydrogen) atoms. The van der Waals surface area contributed by atoms with Gasteiger partial charge in [0.15, 0.2) is 5.60 Å². The molecule has 144 valence electrons. The average molecular weight is 406 g/mol. The molecule has 0 aliphatic carbocycles. The van der Waals surface area contributed by atoms with Gasteiger partial charge in [-0.05, 0) is 37.6 Å². The minimum atomic E-state index is -1.15. The topological polar surface area (TPSA) is 47.9 Å². The van der Waals surface area contributed by atoms with Gasteiger partial charge in [0.25, 0.3) is 0 Å². The molecular formula is C21H25Cl2N3O. The Bertz CT molecular complexity index is 836. The number of halogens is 2. The average Bonchev–Trinajstić information content (AvgIpc) is 2.93. The largest absolute Gasteiger partial charge is 0.373 e. The van der Waals surface area contributed by atoms with E-state index in [9.17, 15) is 5.11 Å². The van der Waals surface area contributed by atoms with E-state index in [-0.39, 0.29) is 30.2 Å². The van der Waals surface area contributed by atoms with Gasteiger partial charge in [0.1, 0.15) is 5.84 Å². The second-order valence-electron chi connectivity index (χ2n) is 7.57. The second kappa shape index (κ2) is 7.44. The Kier molecular flexibility index (Phi) is 5.55. The molecule has 2 aromatic carbocycles. The number of benzene rings is 2. The molecule has 3 aliphatic rings. The quantitative estimate of drug-likeness (QED) is 0.764. The van der Waals surface area contributed by atoms with Crippen molar-refractivity contribution in [3.63, 3.8) is 0 Å². The van der Waals surface area contributed by atoms with Crippen LogP contribution in [0.1, 0.15) is 24.0 Å². The zero-order valence-corrected chi connectivity index (χ0v) is 16.7. The van der Waals surface area contributed by atoms with E-state index in [1.54, 1.807) is 0 Å². The third-order valence-corrected chi connectivity index (χ3v) is 6.08. The van der Waals surface area contributed by atoms with Gasteiger partial charge in [0.05, 0.1) is 0 Å². The van der Waals surface area contributed by atoms with Crippen molar-refractivity contribution in [1.29, 1.82) is 0 Å². The number of nitrogens with one attached hydrogen (secondary N) is 1. The molecule has 1 saturated heterocycles. The van der Waals surface area contributed by atoms with Gasteiger partial charge in [0.2, 0.25) is 0 Å². The summed E-state index contributed by atoms with van der Waals surface area (Å²) in [5, 5.41) is 15.3. The number of amidine groups is 1. The molecule has 0 saturated carbocycles. The molecule has 1 fully saturated rings. The fourth-order valence-corrected chi connectivity index (χ4v) is 4.67. The van der Waals surface area contributed by atoms with Crippen molar-refractivity contribution in [2.24, 2.45) is 10.4 Å².